The van der Waals surface area contributed by atoms with Crippen LogP contribution in [0.1, 0.15) is 24.8 Å². The third kappa shape index (κ3) is 2.55. The van der Waals surface area contributed by atoms with Gasteiger partial charge in [0.1, 0.15) is 0 Å². The summed E-state index contributed by atoms with van der Waals surface area (Å²) in [6.45, 7) is 0.357. The van der Waals surface area contributed by atoms with E-state index in [4.69, 9.17) is 9.47 Å². The molecule has 1 aliphatic heterocycles. The molecule has 17 heavy (non-hydrogen) atoms. The van der Waals surface area contributed by atoms with Crippen molar-refractivity contribution in [2.45, 2.75) is 31.7 Å². The van der Waals surface area contributed by atoms with Gasteiger partial charge in [-0.25, -0.2) is 0 Å². The van der Waals surface area contributed by atoms with E-state index in [1.54, 1.807) is 0 Å². The Labute approximate surface area is 102 Å². The average Bonchev–Trinajstić information content (AvgIpc) is 3.04. The van der Waals surface area contributed by atoms with E-state index in [0.717, 1.165) is 23.8 Å². The molecule has 1 atom stereocenters. The summed E-state index contributed by atoms with van der Waals surface area (Å²) in [7, 11) is 2.06. The zero-order valence-electron chi connectivity index (χ0n) is 10.2. The normalized spacial score (nSPS) is 19.4. The highest BCUT2D eigenvalue weighted by Crippen LogP contribution is 2.35. The number of nitrogens with one attached hydrogen (secondary N) is 1. The van der Waals surface area contributed by atoms with Crippen LogP contribution in [0.2, 0.25) is 0 Å². The quantitative estimate of drug-likeness (QED) is 0.846. The largest absolute Gasteiger partial charge is 0.454 e. The van der Waals surface area contributed by atoms with Gasteiger partial charge in [0.2, 0.25) is 6.79 Å². The average molecular weight is 233 g/mol. The van der Waals surface area contributed by atoms with Gasteiger partial charge in [0.25, 0.3) is 0 Å². The van der Waals surface area contributed by atoms with Crippen LogP contribution >= 0.6 is 0 Å². The van der Waals surface area contributed by atoms with Crippen LogP contribution in [0.15, 0.2) is 18.2 Å². The van der Waals surface area contributed by atoms with Crippen LogP contribution in [-0.2, 0) is 6.42 Å². The number of rotatable bonds is 5. The number of likely N-dealkylation sites (N-methyl/N-ethyl adjacent to an activating group) is 1. The SMILES string of the molecule is CNC(Cc1ccc2c(c1)OCO2)CC1CC1. The third-order valence-electron chi connectivity index (χ3n) is 3.64. The number of benzene rings is 1. The lowest BCUT2D eigenvalue weighted by Gasteiger charge is -2.16. The van der Waals surface area contributed by atoms with Crippen LogP contribution in [-0.4, -0.2) is 19.9 Å². The molecule has 0 aromatic heterocycles. The number of ether oxygens (including phenoxy) is 2. The first-order valence-corrected chi connectivity index (χ1v) is 6.41. The van der Waals surface area contributed by atoms with Gasteiger partial charge in [-0.1, -0.05) is 18.9 Å². The van der Waals surface area contributed by atoms with E-state index in [2.05, 4.69) is 24.5 Å². The molecule has 1 heterocycles. The highest BCUT2D eigenvalue weighted by atomic mass is 16.7. The monoisotopic (exact) mass is 233 g/mol. The van der Waals surface area contributed by atoms with Gasteiger partial charge in [-0.2, -0.15) is 0 Å². The summed E-state index contributed by atoms with van der Waals surface area (Å²) < 4.78 is 10.7. The number of fused-ring (bicyclic) bond motifs is 1. The summed E-state index contributed by atoms with van der Waals surface area (Å²) in [5, 5.41) is 3.42. The topological polar surface area (TPSA) is 30.5 Å². The highest BCUT2D eigenvalue weighted by molar-refractivity contribution is 5.44. The van der Waals surface area contributed by atoms with Crippen LogP contribution in [0.25, 0.3) is 0 Å². The second-order valence-corrected chi connectivity index (χ2v) is 5.06. The predicted octanol–water partition coefficient (Wildman–Crippen LogP) is 2.35. The van der Waals surface area contributed by atoms with Crippen molar-refractivity contribution in [2.24, 2.45) is 5.92 Å². The zero-order valence-corrected chi connectivity index (χ0v) is 10.2. The maximum absolute atomic E-state index is 5.41. The standard InChI is InChI=1S/C14H19NO2/c1-15-12(6-10-2-3-10)7-11-4-5-13-14(8-11)17-9-16-13/h4-5,8,10,12,15H,2-3,6-7,9H2,1H3. The number of hydrogen-bond donors (Lipinski definition) is 1. The van der Waals surface area contributed by atoms with Crippen molar-refractivity contribution in [1.29, 1.82) is 0 Å². The van der Waals surface area contributed by atoms with Crippen molar-refractivity contribution in [3.63, 3.8) is 0 Å². The Hall–Kier alpha value is -1.22. The molecule has 1 aromatic rings. The highest BCUT2D eigenvalue weighted by Gasteiger charge is 2.25. The van der Waals surface area contributed by atoms with Crippen molar-refractivity contribution < 1.29 is 9.47 Å². The summed E-state index contributed by atoms with van der Waals surface area (Å²) in [4.78, 5) is 0. The van der Waals surface area contributed by atoms with Gasteiger partial charge in [-0.15, -0.1) is 0 Å². The van der Waals surface area contributed by atoms with Crippen LogP contribution < -0.4 is 14.8 Å². The van der Waals surface area contributed by atoms with E-state index in [1.165, 1.54) is 24.8 Å². The van der Waals surface area contributed by atoms with Crippen LogP contribution in [0.3, 0.4) is 0 Å². The molecular formula is C14H19NO2. The van der Waals surface area contributed by atoms with Crippen molar-refractivity contribution in [1.82, 2.24) is 5.32 Å². The molecule has 0 saturated heterocycles. The minimum absolute atomic E-state index is 0.357. The minimum Gasteiger partial charge on any atom is -0.454 e. The number of hydrogen-bond acceptors (Lipinski definition) is 3. The van der Waals surface area contributed by atoms with Crippen LogP contribution in [0.5, 0.6) is 11.5 Å². The smallest absolute Gasteiger partial charge is 0.231 e. The Kier molecular flexibility index (Phi) is 2.93. The lowest BCUT2D eigenvalue weighted by molar-refractivity contribution is 0.174. The van der Waals surface area contributed by atoms with Gasteiger partial charge in [0.05, 0.1) is 0 Å². The second-order valence-electron chi connectivity index (χ2n) is 5.06. The summed E-state index contributed by atoms with van der Waals surface area (Å²) in [5.74, 6) is 2.72. The molecule has 1 saturated carbocycles. The molecule has 1 N–H and O–H groups in total. The van der Waals surface area contributed by atoms with Gasteiger partial charge in [0.15, 0.2) is 11.5 Å². The summed E-state index contributed by atoms with van der Waals surface area (Å²) in [6, 6.07) is 6.86. The molecule has 92 valence electrons. The van der Waals surface area contributed by atoms with Gasteiger partial charge in [-0.05, 0) is 43.5 Å². The molecule has 0 radical (unpaired) electrons. The lowest BCUT2D eigenvalue weighted by atomic mass is 10.0. The summed E-state index contributed by atoms with van der Waals surface area (Å²) in [6.07, 6.45) is 5.20. The Morgan fingerprint density at radius 3 is 2.88 bits per heavy atom. The Morgan fingerprint density at radius 2 is 2.12 bits per heavy atom. The second kappa shape index (κ2) is 4.57. The molecule has 2 aliphatic rings. The summed E-state index contributed by atoms with van der Waals surface area (Å²) >= 11 is 0. The minimum atomic E-state index is 0.357. The molecule has 1 aromatic carbocycles. The molecule has 0 spiro atoms. The molecule has 0 amide bonds. The molecule has 1 fully saturated rings. The van der Waals surface area contributed by atoms with Gasteiger partial charge in [0, 0.05) is 6.04 Å². The maximum atomic E-state index is 5.41. The predicted molar refractivity (Wildman–Crippen MR) is 66.5 cm³/mol. The van der Waals surface area contributed by atoms with Crippen molar-refractivity contribution >= 4 is 0 Å². The van der Waals surface area contributed by atoms with E-state index in [0.29, 0.717) is 12.8 Å². The van der Waals surface area contributed by atoms with E-state index in [-0.39, 0.29) is 0 Å². The third-order valence-corrected chi connectivity index (χ3v) is 3.64. The molecule has 1 unspecified atom stereocenters. The molecule has 1 aliphatic carbocycles. The van der Waals surface area contributed by atoms with Crippen molar-refractivity contribution in [3.05, 3.63) is 23.8 Å². The zero-order chi connectivity index (χ0) is 11.7. The Balaban J connectivity index is 1.66. The van der Waals surface area contributed by atoms with Crippen molar-refractivity contribution in [3.8, 4) is 11.5 Å². The van der Waals surface area contributed by atoms with E-state index in [9.17, 15) is 0 Å². The molecule has 3 rings (SSSR count). The van der Waals surface area contributed by atoms with Crippen molar-refractivity contribution in [2.75, 3.05) is 13.8 Å². The molecule has 3 nitrogen and oxygen atoms in total. The fraction of sp³-hybridized carbons (Fsp3) is 0.571. The van der Waals surface area contributed by atoms with E-state index >= 15 is 0 Å². The fourth-order valence-corrected chi connectivity index (χ4v) is 2.41. The first-order chi connectivity index (χ1) is 8.35. The van der Waals surface area contributed by atoms with Gasteiger partial charge >= 0.3 is 0 Å². The first kappa shape index (κ1) is 10.9. The van der Waals surface area contributed by atoms with E-state index < -0.39 is 0 Å². The molecule has 3 heteroatoms. The summed E-state index contributed by atoms with van der Waals surface area (Å²) in [5.41, 5.74) is 1.33. The molecule has 0 bridgehead atoms. The lowest BCUT2D eigenvalue weighted by Crippen LogP contribution is -2.28. The van der Waals surface area contributed by atoms with Crippen LogP contribution in [0, 0.1) is 5.92 Å². The Bertz CT molecular complexity index is 401. The first-order valence-electron chi connectivity index (χ1n) is 6.41. The molecular weight excluding hydrogens is 214 g/mol. The van der Waals surface area contributed by atoms with Gasteiger partial charge < -0.3 is 14.8 Å². The maximum Gasteiger partial charge on any atom is 0.231 e. The van der Waals surface area contributed by atoms with Crippen LogP contribution in [0.4, 0.5) is 0 Å². The van der Waals surface area contributed by atoms with E-state index in [1.807, 2.05) is 6.07 Å². The fourth-order valence-electron chi connectivity index (χ4n) is 2.41. The Morgan fingerprint density at radius 1 is 1.29 bits per heavy atom. The van der Waals surface area contributed by atoms with Gasteiger partial charge in [-0.3, -0.25) is 0 Å².